The summed E-state index contributed by atoms with van der Waals surface area (Å²) in [5.41, 5.74) is 1.71. The van der Waals surface area contributed by atoms with Crippen molar-refractivity contribution in [3.05, 3.63) is 63.6 Å². The summed E-state index contributed by atoms with van der Waals surface area (Å²) in [5, 5.41) is 3.66. The van der Waals surface area contributed by atoms with Crippen LogP contribution in [-0.4, -0.2) is 17.8 Å². The van der Waals surface area contributed by atoms with E-state index in [1.807, 2.05) is 30.3 Å². The average Bonchev–Trinajstić information content (AvgIpc) is 2.52. The van der Waals surface area contributed by atoms with Crippen LogP contribution in [0.5, 0.6) is 0 Å². The van der Waals surface area contributed by atoms with Crippen LogP contribution in [0, 0.1) is 0 Å². The molecular weight excluding hydrogens is 337 g/mol. The summed E-state index contributed by atoms with van der Waals surface area (Å²) in [6.45, 7) is 0.162. The van der Waals surface area contributed by atoms with E-state index in [2.05, 4.69) is 5.32 Å². The van der Waals surface area contributed by atoms with E-state index in [0.29, 0.717) is 16.3 Å². The monoisotopic (exact) mass is 349 g/mol. The van der Waals surface area contributed by atoms with Crippen LogP contribution in [0.4, 0.5) is 5.69 Å². The van der Waals surface area contributed by atoms with E-state index in [4.69, 9.17) is 27.9 Å². The molecule has 118 valence electrons. The lowest BCUT2D eigenvalue weighted by atomic mass is 9.96. The van der Waals surface area contributed by atoms with Gasteiger partial charge in [0, 0.05) is 17.1 Å². The van der Waals surface area contributed by atoms with E-state index in [9.17, 15) is 9.59 Å². The predicted molar refractivity (Wildman–Crippen MR) is 89.1 cm³/mol. The summed E-state index contributed by atoms with van der Waals surface area (Å²) in [5.74, 6) is -0.689. The van der Waals surface area contributed by atoms with Crippen molar-refractivity contribution in [1.82, 2.24) is 0 Å². The Bertz CT molecular complexity index is 762. The number of carbonyl (C=O) groups is 2. The second-order valence-corrected chi connectivity index (χ2v) is 6.07. The Balaban J connectivity index is 1.72. The molecule has 1 heterocycles. The first-order valence-electron chi connectivity index (χ1n) is 7.04. The van der Waals surface area contributed by atoms with Crippen molar-refractivity contribution in [3.8, 4) is 0 Å². The van der Waals surface area contributed by atoms with Gasteiger partial charge in [-0.25, -0.2) is 4.79 Å². The topological polar surface area (TPSA) is 55.4 Å². The number of anilines is 1. The number of nitrogens with one attached hydrogen (secondary N) is 1. The molecule has 0 spiro atoms. The minimum absolute atomic E-state index is 0.00196. The molecule has 2 aromatic carbocycles. The first-order valence-corrected chi connectivity index (χ1v) is 7.79. The zero-order chi connectivity index (χ0) is 16.4. The third-order valence-corrected chi connectivity index (χ3v) is 4.08. The van der Waals surface area contributed by atoms with Crippen LogP contribution in [-0.2, 0) is 16.1 Å². The molecule has 0 saturated heterocycles. The smallest absolute Gasteiger partial charge is 0.329 e. The fourth-order valence-electron chi connectivity index (χ4n) is 2.47. The van der Waals surface area contributed by atoms with Crippen molar-refractivity contribution in [2.45, 2.75) is 19.1 Å². The van der Waals surface area contributed by atoms with Gasteiger partial charge < -0.3 is 10.1 Å². The van der Waals surface area contributed by atoms with E-state index in [1.165, 1.54) is 6.07 Å². The Morgan fingerprint density at radius 2 is 1.96 bits per heavy atom. The fraction of sp³-hybridized carbons (Fsp3) is 0.176. The number of ketones is 1. The van der Waals surface area contributed by atoms with Gasteiger partial charge in [0.2, 0.25) is 0 Å². The van der Waals surface area contributed by atoms with Crippen molar-refractivity contribution in [2.75, 3.05) is 5.32 Å². The molecular formula is C17H13Cl2NO3. The normalized spacial score (nSPS) is 16.4. The summed E-state index contributed by atoms with van der Waals surface area (Å²) >= 11 is 12.0. The lowest BCUT2D eigenvalue weighted by Gasteiger charge is -2.25. The number of hydrogen-bond donors (Lipinski definition) is 1. The molecule has 4 nitrogen and oxygen atoms in total. The van der Waals surface area contributed by atoms with Crippen molar-refractivity contribution in [3.63, 3.8) is 0 Å². The maximum atomic E-state index is 12.2. The Kier molecular flexibility index (Phi) is 4.55. The lowest BCUT2D eigenvalue weighted by Crippen LogP contribution is -2.37. The van der Waals surface area contributed by atoms with Crippen LogP contribution in [0.2, 0.25) is 10.0 Å². The molecule has 0 saturated carbocycles. The molecule has 3 rings (SSSR count). The first kappa shape index (κ1) is 15.8. The van der Waals surface area contributed by atoms with E-state index in [1.54, 1.807) is 6.07 Å². The van der Waals surface area contributed by atoms with Gasteiger partial charge in [-0.3, -0.25) is 4.79 Å². The van der Waals surface area contributed by atoms with Gasteiger partial charge in [-0.15, -0.1) is 0 Å². The Morgan fingerprint density at radius 1 is 1.22 bits per heavy atom. The number of benzene rings is 2. The number of hydrogen-bond acceptors (Lipinski definition) is 4. The second-order valence-electron chi connectivity index (χ2n) is 5.23. The van der Waals surface area contributed by atoms with Gasteiger partial charge >= 0.3 is 5.97 Å². The SMILES string of the molecule is O=C1C[C@H](C(=O)OCc2ccccc2)Nc2cc(Cl)cc(Cl)c21. The maximum Gasteiger partial charge on any atom is 0.329 e. The lowest BCUT2D eigenvalue weighted by molar-refractivity contribution is -0.145. The predicted octanol–water partition coefficient (Wildman–Crippen LogP) is 4.10. The van der Waals surface area contributed by atoms with E-state index < -0.39 is 12.0 Å². The standard InChI is InChI=1S/C17H13Cl2NO3/c18-11-6-12(19)16-13(7-11)20-14(8-15(16)21)17(22)23-9-10-4-2-1-3-5-10/h1-7,14,20H,8-9H2/t14-/m1/s1. The minimum Gasteiger partial charge on any atom is -0.459 e. The van der Waals surface area contributed by atoms with Crippen molar-refractivity contribution in [1.29, 1.82) is 0 Å². The largest absolute Gasteiger partial charge is 0.459 e. The van der Waals surface area contributed by atoms with E-state index in [0.717, 1.165) is 5.56 Å². The first-order chi connectivity index (χ1) is 11.0. The molecule has 1 N–H and O–H groups in total. The van der Waals surface area contributed by atoms with Crippen molar-refractivity contribution in [2.24, 2.45) is 0 Å². The number of carbonyl (C=O) groups excluding carboxylic acids is 2. The molecule has 1 aliphatic rings. The summed E-state index contributed by atoms with van der Waals surface area (Å²) in [6.07, 6.45) is 0.00196. The minimum atomic E-state index is -0.742. The summed E-state index contributed by atoms with van der Waals surface area (Å²) < 4.78 is 5.27. The van der Waals surface area contributed by atoms with Gasteiger partial charge in [0.05, 0.1) is 10.6 Å². The Morgan fingerprint density at radius 3 is 2.70 bits per heavy atom. The van der Waals surface area contributed by atoms with E-state index in [-0.39, 0.29) is 23.8 Å². The highest BCUT2D eigenvalue weighted by atomic mass is 35.5. The van der Waals surface area contributed by atoms with Gasteiger partial charge in [0.15, 0.2) is 5.78 Å². The second kappa shape index (κ2) is 6.60. The molecule has 0 fully saturated rings. The third-order valence-electron chi connectivity index (χ3n) is 3.56. The Labute approximate surface area is 143 Å². The molecule has 23 heavy (non-hydrogen) atoms. The van der Waals surface area contributed by atoms with Crippen LogP contribution in [0.3, 0.4) is 0 Å². The van der Waals surface area contributed by atoms with E-state index >= 15 is 0 Å². The average molecular weight is 350 g/mol. The number of ether oxygens (including phenoxy) is 1. The van der Waals surface area contributed by atoms with Crippen molar-refractivity contribution < 1.29 is 14.3 Å². The van der Waals surface area contributed by atoms with Crippen LogP contribution in [0.15, 0.2) is 42.5 Å². The maximum absolute atomic E-state index is 12.2. The molecule has 0 radical (unpaired) electrons. The van der Waals surface area contributed by atoms with Crippen molar-refractivity contribution >= 4 is 40.6 Å². The molecule has 1 atom stereocenters. The van der Waals surface area contributed by atoms with Gasteiger partial charge in [-0.1, -0.05) is 53.5 Å². The molecule has 0 aromatic heterocycles. The summed E-state index contributed by atoms with van der Waals surface area (Å²) in [6, 6.07) is 11.7. The van der Waals surface area contributed by atoms with Gasteiger partial charge in [-0.2, -0.15) is 0 Å². The number of rotatable bonds is 3. The molecule has 0 unspecified atom stereocenters. The summed E-state index contributed by atoms with van der Waals surface area (Å²) in [4.78, 5) is 24.4. The van der Waals surface area contributed by atoms with Gasteiger partial charge in [0.25, 0.3) is 0 Å². The van der Waals surface area contributed by atoms with Crippen LogP contribution < -0.4 is 5.32 Å². The highest BCUT2D eigenvalue weighted by Crippen LogP contribution is 2.34. The molecule has 0 bridgehead atoms. The Hall–Kier alpha value is -2.04. The van der Waals surface area contributed by atoms with Crippen LogP contribution in [0.25, 0.3) is 0 Å². The molecule has 1 aliphatic heterocycles. The number of Topliss-reactive ketones (excluding diaryl/α,β-unsaturated/α-hetero) is 1. The number of halogens is 2. The van der Waals surface area contributed by atoms with Crippen LogP contribution in [0.1, 0.15) is 22.3 Å². The summed E-state index contributed by atoms with van der Waals surface area (Å²) in [7, 11) is 0. The van der Waals surface area contributed by atoms with Gasteiger partial charge in [-0.05, 0) is 17.7 Å². The quantitative estimate of drug-likeness (QED) is 0.847. The van der Waals surface area contributed by atoms with Gasteiger partial charge in [0.1, 0.15) is 12.6 Å². The van der Waals surface area contributed by atoms with Crippen LogP contribution >= 0.6 is 23.2 Å². The molecule has 0 amide bonds. The third kappa shape index (κ3) is 3.49. The highest BCUT2D eigenvalue weighted by Gasteiger charge is 2.32. The highest BCUT2D eigenvalue weighted by molar-refractivity contribution is 6.38. The zero-order valence-corrected chi connectivity index (χ0v) is 13.5. The number of fused-ring (bicyclic) bond motifs is 1. The molecule has 0 aliphatic carbocycles. The fourth-order valence-corrected chi connectivity index (χ4v) is 3.07. The zero-order valence-electron chi connectivity index (χ0n) is 12.0. The molecule has 6 heteroatoms. The number of esters is 1. The molecule has 2 aromatic rings.